The number of nitrogens with zero attached hydrogens (tertiary/aromatic N) is 5. The number of carbonyl (C=O) groups excluding carboxylic acids is 3. The smallest absolute Gasteiger partial charge is 0.410 e. The molecular weight excluding hydrogens is 828 g/mol. The highest BCUT2D eigenvalue weighted by atomic mass is 79.9. The summed E-state index contributed by atoms with van der Waals surface area (Å²) in [6, 6.07) is 12.5. The second-order valence-corrected chi connectivity index (χ2v) is 18.5. The molecule has 0 saturated carbocycles. The molecule has 2 aromatic carbocycles. The Morgan fingerprint density at radius 1 is 0.655 bits per heavy atom. The van der Waals surface area contributed by atoms with Crippen LogP contribution in [0.25, 0.3) is 0 Å². The third kappa shape index (κ3) is 15.9. The van der Waals surface area contributed by atoms with Gasteiger partial charge in [0.1, 0.15) is 17.5 Å². The van der Waals surface area contributed by atoms with Crippen LogP contribution in [0.15, 0.2) is 45.3 Å². The van der Waals surface area contributed by atoms with Crippen molar-refractivity contribution in [2.75, 3.05) is 88.3 Å². The molecule has 0 aliphatic carbocycles. The van der Waals surface area contributed by atoms with E-state index in [4.69, 9.17) is 9.47 Å². The molecule has 0 aromatic heterocycles. The molecule has 4 aliphatic heterocycles. The van der Waals surface area contributed by atoms with Crippen molar-refractivity contribution in [2.24, 2.45) is 0 Å². The molecule has 13 heteroatoms. The molecule has 4 aliphatic rings. The van der Waals surface area contributed by atoms with E-state index < -0.39 is 5.60 Å². The van der Waals surface area contributed by atoms with Crippen molar-refractivity contribution in [1.29, 1.82) is 0 Å². The Morgan fingerprint density at radius 2 is 1.18 bits per heavy atom. The molecule has 2 amide bonds. The van der Waals surface area contributed by atoms with Gasteiger partial charge in [0.25, 0.3) is 0 Å². The SMILES string of the molecule is CC(C)(C)OC(=O)N1CCN(Cc2ccc(Br)cc2N2CCCCC2)CC1.CC(C)(C)OC(=O)N1CCNCC1.O=Cc1cc(Br)cc(N2CCCCC2)c1. The fourth-order valence-corrected chi connectivity index (χ4v) is 7.78. The molecule has 4 fully saturated rings. The summed E-state index contributed by atoms with van der Waals surface area (Å²) in [7, 11) is 0. The van der Waals surface area contributed by atoms with Gasteiger partial charge in [-0.2, -0.15) is 0 Å². The molecule has 0 unspecified atom stereocenters. The van der Waals surface area contributed by atoms with Gasteiger partial charge in [-0.1, -0.05) is 37.9 Å². The number of anilines is 2. The number of piperidine rings is 2. The first-order valence-electron chi connectivity index (χ1n) is 20.0. The van der Waals surface area contributed by atoms with E-state index in [9.17, 15) is 14.4 Å². The minimum absolute atomic E-state index is 0.195. The summed E-state index contributed by atoms with van der Waals surface area (Å²) in [6.45, 7) is 23.3. The Labute approximate surface area is 346 Å². The lowest BCUT2D eigenvalue weighted by Gasteiger charge is -2.37. The molecule has 11 nitrogen and oxygen atoms in total. The van der Waals surface area contributed by atoms with Crippen LogP contribution in [0.5, 0.6) is 0 Å². The maximum atomic E-state index is 12.3. The van der Waals surface area contributed by atoms with Crippen molar-refractivity contribution in [3.05, 3.63) is 56.5 Å². The van der Waals surface area contributed by atoms with E-state index in [0.717, 1.165) is 112 Å². The fraction of sp³-hybridized carbons (Fsp3) is 0.643. The molecule has 1 N–H and O–H groups in total. The molecule has 0 atom stereocenters. The molecule has 0 spiro atoms. The third-order valence-electron chi connectivity index (χ3n) is 9.69. The van der Waals surface area contributed by atoms with Crippen LogP contribution in [0.2, 0.25) is 0 Å². The maximum Gasteiger partial charge on any atom is 0.410 e. The predicted molar refractivity (Wildman–Crippen MR) is 230 cm³/mol. The molecular formula is C42H64Br2N6O5. The van der Waals surface area contributed by atoms with Gasteiger partial charge in [-0.15, -0.1) is 0 Å². The second-order valence-electron chi connectivity index (χ2n) is 16.7. The second kappa shape index (κ2) is 21.6. The molecule has 55 heavy (non-hydrogen) atoms. The van der Waals surface area contributed by atoms with Crippen molar-refractivity contribution in [2.45, 2.75) is 97.8 Å². The molecule has 2 aromatic rings. The lowest BCUT2D eigenvalue weighted by molar-refractivity contribution is 0.0138. The summed E-state index contributed by atoms with van der Waals surface area (Å²) in [5.74, 6) is 0. The lowest BCUT2D eigenvalue weighted by Crippen LogP contribution is -2.49. The number of amides is 2. The molecule has 4 heterocycles. The number of halogens is 2. The maximum absolute atomic E-state index is 12.3. The van der Waals surface area contributed by atoms with E-state index in [1.54, 1.807) is 4.90 Å². The summed E-state index contributed by atoms with van der Waals surface area (Å²) in [5.41, 5.74) is 3.82. The Bertz CT molecular complexity index is 1520. The van der Waals surface area contributed by atoms with Crippen LogP contribution in [-0.4, -0.2) is 123 Å². The highest BCUT2D eigenvalue weighted by Crippen LogP contribution is 2.29. The minimum Gasteiger partial charge on any atom is -0.444 e. The highest BCUT2D eigenvalue weighted by molar-refractivity contribution is 9.10. The molecule has 4 saturated heterocycles. The summed E-state index contributed by atoms with van der Waals surface area (Å²) < 4.78 is 12.9. The summed E-state index contributed by atoms with van der Waals surface area (Å²) in [4.78, 5) is 45.4. The number of hydrogen-bond donors (Lipinski definition) is 1. The number of rotatable bonds is 5. The van der Waals surface area contributed by atoms with Crippen LogP contribution in [0.3, 0.4) is 0 Å². The Balaban J connectivity index is 0.000000202. The standard InChI is InChI=1S/C21H32BrN3O2.C12H14BrNO.C9H18N2O2/c1-21(2,3)27-20(26)25-13-11-23(12-14-25)16-17-7-8-18(22)15-19(17)24-9-5-4-6-10-24;13-11-6-10(9-15)7-12(8-11)14-4-2-1-3-5-14;1-9(2,3)13-8(12)11-6-4-10-5-7-11/h7-8,15H,4-6,9-14,16H2,1-3H3;6-9H,1-5H2;10H,4-7H2,1-3H3. The molecule has 6 rings (SSSR count). The van der Waals surface area contributed by atoms with Gasteiger partial charge in [0, 0.05) is 111 Å². The van der Waals surface area contributed by atoms with Crippen LogP contribution < -0.4 is 15.1 Å². The van der Waals surface area contributed by atoms with E-state index in [-0.39, 0.29) is 17.8 Å². The minimum atomic E-state index is -0.436. The van der Waals surface area contributed by atoms with E-state index in [2.05, 4.69) is 76.1 Å². The van der Waals surface area contributed by atoms with Gasteiger partial charge in [-0.3, -0.25) is 9.69 Å². The molecule has 0 radical (unpaired) electrons. The van der Waals surface area contributed by atoms with Crippen LogP contribution in [0, 0.1) is 0 Å². The zero-order chi connectivity index (χ0) is 40.0. The van der Waals surface area contributed by atoms with E-state index in [1.165, 1.54) is 49.8 Å². The van der Waals surface area contributed by atoms with Crippen molar-refractivity contribution in [3.63, 3.8) is 0 Å². The number of benzene rings is 2. The lowest BCUT2D eigenvalue weighted by atomic mass is 10.1. The zero-order valence-electron chi connectivity index (χ0n) is 34.0. The van der Waals surface area contributed by atoms with E-state index >= 15 is 0 Å². The number of ether oxygens (including phenoxy) is 2. The fourth-order valence-electron chi connectivity index (χ4n) is 6.93. The van der Waals surface area contributed by atoms with Crippen LogP contribution in [0.1, 0.15) is 96.0 Å². The molecule has 0 bridgehead atoms. The van der Waals surface area contributed by atoms with Gasteiger partial charge >= 0.3 is 12.2 Å². The van der Waals surface area contributed by atoms with Gasteiger partial charge in [-0.25, -0.2) is 9.59 Å². The first-order chi connectivity index (χ1) is 26.1. The first-order valence-corrected chi connectivity index (χ1v) is 21.6. The largest absolute Gasteiger partial charge is 0.444 e. The Morgan fingerprint density at radius 3 is 1.71 bits per heavy atom. The van der Waals surface area contributed by atoms with E-state index in [0.29, 0.717) is 0 Å². The molecule has 306 valence electrons. The summed E-state index contributed by atoms with van der Waals surface area (Å²) in [5, 5.41) is 3.18. The average molecular weight is 893 g/mol. The number of carbonyl (C=O) groups is 3. The van der Waals surface area contributed by atoms with Crippen molar-refractivity contribution < 1.29 is 23.9 Å². The summed E-state index contributed by atoms with van der Waals surface area (Å²) >= 11 is 7.07. The predicted octanol–water partition coefficient (Wildman–Crippen LogP) is 8.57. The van der Waals surface area contributed by atoms with E-state index in [1.807, 2.05) is 58.6 Å². The first kappa shape index (κ1) is 44.8. The quantitative estimate of drug-likeness (QED) is 0.296. The monoisotopic (exact) mass is 890 g/mol. The van der Waals surface area contributed by atoms with Crippen molar-refractivity contribution in [1.82, 2.24) is 20.0 Å². The number of aldehydes is 1. The van der Waals surface area contributed by atoms with Gasteiger partial charge in [0.2, 0.25) is 0 Å². The summed E-state index contributed by atoms with van der Waals surface area (Å²) in [6.07, 6.45) is 8.23. The number of nitrogens with one attached hydrogen (secondary N) is 1. The average Bonchev–Trinajstić information content (AvgIpc) is 3.16. The topological polar surface area (TPSA) is 97.9 Å². The zero-order valence-corrected chi connectivity index (χ0v) is 37.2. The van der Waals surface area contributed by atoms with Crippen molar-refractivity contribution in [3.8, 4) is 0 Å². The van der Waals surface area contributed by atoms with Crippen LogP contribution in [0.4, 0.5) is 21.0 Å². The highest BCUT2D eigenvalue weighted by Gasteiger charge is 2.27. The normalized spacial score (nSPS) is 18.3. The van der Waals surface area contributed by atoms with Gasteiger partial charge in [-0.05, 0) is 116 Å². The van der Waals surface area contributed by atoms with Crippen molar-refractivity contribution >= 4 is 61.7 Å². The van der Waals surface area contributed by atoms with Gasteiger partial charge < -0.3 is 34.4 Å². The Kier molecular flexibility index (Phi) is 17.6. The van der Waals surface area contributed by atoms with Gasteiger partial charge in [0.05, 0.1) is 0 Å². The Hall–Kier alpha value is -2.87. The third-order valence-corrected chi connectivity index (χ3v) is 10.6. The number of hydrogen-bond acceptors (Lipinski definition) is 9. The number of piperazine rings is 2. The van der Waals surface area contributed by atoms with Crippen LogP contribution in [-0.2, 0) is 16.0 Å². The van der Waals surface area contributed by atoms with Gasteiger partial charge in [0.15, 0.2) is 0 Å². The van der Waals surface area contributed by atoms with Crippen LogP contribution >= 0.6 is 31.9 Å².